The van der Waals surface area contributed by atoms with E-state index < -0.39 is 18.1 Å². The second kappa shape index (κ2) is 9.77. The maximum atomic E-state index is 15.1. The molecule has 3 heterocycles. The van der Waals surface area contributed by atoms with E-state index in [-0.39, 0.29) is 12.4 Å². The summed E-state index contributed by atoms with van der Waals surface area (Å²) >= 11 is 0. The van der Waals surface area contributed by atoms with Crippen molar-refractivity contribution in [2.24, 2.45) is 0 Å². The SMILES string of the molecule is CN(C)c1cc(C2=CNCC=C2)c(F)cc1N(C=O)Cc1ccc(-c2nnc(C(F)F)o2)cn1. The Labute approximate surface area is 193 Å². The molecule has 0 unspecified atom stereocenters. The zero-order chi connectivity index (χ0) is 24.2. The Morgan fingerprint density at radius 3 is 2.62 bits per heavy atom. The summed E-state index contributed by atoms with van der Waals surface area (Å²) in [5.74, 6) is -1.33. The Hall–Kier alpha value is -4.15. The van der Waals surface area contributed by atoms with Crippen molar-refractivity contribution in [2.45, 2.75) is 13.0 Å². The predicted octanol–water partition coefficient (Wildman–Crippen LogP) is 3.94. The van der Waals surface area contributed by atoms with Crippen molar-refractivity contribution >= 4 is 23.4 Å². The first-order chi connectivity index (χ1) is 16.4. The molecule has 0 radical (unpaired) electrons. The third kappa shape index (κ3) is 4.77. The number of nitrogens with one attached hydrogen (secondary N) is 1. The number of benzene rings is 1. The number of halogens is 3. The molecule has 0 fully saturated rings. The molecule has 3 aromatic rings. The van der Waals surface area contributed by atoms with Crippen LogP contribution in [0.15, 0.2) is 53.2 Å². The number of carbonyl (C=O) groups excluding carboxylic acids is 1. The molecule has 1 N–H and O–H groups in total. The normalized spacial score (nSPS) is 12.9. The Kier molecular flexibility index (Phi) is 6.62. The molecular formula is C23H21F3N6O2. The summed E-state index contributed by atoms with van der Waals surface area (Å²) in [6.45, 7) is 0.730. The van der Waals surface area contributed by atoms with Crippen molar-refractivity contribution < 1.29 is 22.4 Å². The number of anilines is 2. The molecule has 0 saturated heterocycles. The van der Waals surface area contributed by atoms with Crippen LogP contribution >= 0.6 is 0 Å². The van der Waals surface area contributed by atoms with Crippen LogP contribution in [0.2, 0.25) is 0 Å². The lowest BCUT2D eigenvalue weighted by atomic mass is 10.0. The standard InChI is InChI=1S/C23H21F3N6O2/c1-31(2)19-8-17(14-4-3-7-27-10-14)18(24)9-20(19)32(13-33)12-16-6-5-15(11-28-16)22-29-30-23(34-22)21(25)26/h3-6,8-11,13,21,27H,7,12H2,1-2H3. The highest BCUT2D eigenvalue weighted by atomic mass is 19.3. The highest BCUT2D eigenvalue weighted by Crippen LogP contribution is 2.35. The van der Waals surface area contributed by atoms with Gasteiger partial charge in [-0.25, -0.2) is 4.39 Å². The molecule has 1 aliphatic rings. The van der Waals surface area contributed by atoms with Gasteiger partial charge < -0.3 is 19.5 Å². The highest BCUT2D eigenvalue weighted by molar-refractivity contribution is 5.87. The van der Waals surface area contributed by atoms with Crippen LogP contribution in [0.1, 0.15) is 23.6 Å². The molecule has 34 heavy (non-hydrogen) atoms. The molecule has 2 aromatic heterocycles. The molecular weight excluding hydrogens is 449 g/mol. The average molecular weight is 470 g/mol. The average Bonchev–Trinajstić information content (AvgIpc) is 3.34. The third-order valence-corrected chi connectivity index (χ3v) is 5.12. The van der Waals surface area contributed by atoms with Crippen molar-refractivity contribution in [3.8, 4) is 11.5 Å². The molecule has 0 spiro atoms. The van der Waals surface area contributed by atoms with Gasteiger partial charge in [0.1, 0.15) is 5.82 Å². The first kappa shape index (κ1) is 23.0. The van der Waals surface area contributed by atoms with Crippen molar-refractivity contribution in [2.75, 3.05) is 30.4 Å². The maximum Gasteiger partial charge on any atom is 0.314 e. The van der Waals surface area contributed by atoms with E-state index in [1.165, 1.54) is 17.2 Å². The number of dihydropyridines is 1. The monoisotopic (exact) mass is 470 g/mol. The number of amides is 1. The number of allylic oxidation sites excluding steroid dienone is 2. The van der Waals surface area contributed by atoms with Crippen molar-refractivity contribution in [1.82, 2.24) is 20.5 Å². The van der Waals surface area contributed by atoms with E-state index in [9.17, 15) is 13.6 Å². The van der Waals surface area contributed by atoms with Crippen LogP contribution in [0.5, 0.6) is 0 Å². The van der Waals surface area contributed by atoms with E-state index in [1.54, 1.807) is 43.4 Å². The summed E-state index contributed by atoms with van der Waals surface area (Å²) < 4.78 is 45.3. The number of nitrogens with zero attached hydrogens (tertiary/aromatic N) is 5. The minimum Gasteiger partial charge on any atom is -0.415 e. The molecule has 1 aliphatic heterocycles. The Balaban J connectivity index is 1.60. The smallest absolute Gasteiger partial charge is 0.314 e. The van der Waals surface area contributed by atoms with E-state index in [0.717, 1.165) is 0 Å². The summed E-state index contributed by atoms with van der Waals surface area (Å²) in [6, 6.07) is 6.18. The molecule has 1 aromatic carbocycles. The molecule has 0 bridgehead atoms. The van der Waals surface area contributed by atoms with Crippen LogP contribution < -0.4 is 15.1 Å². The number of pyridine rings is 1. The van der Waals surface area contributed by atoms with Gasteiger partial charge in [0.15, 0.2) is 0 Å². The van der Waals surface area contributed by atoms with Gasteiger partial charge in [-0.15, -0.1) is 10.2 Å². The fraction of sp³-hybridized carbons (Fsp3) is 0.217. The summed E-state index contributed by atoms with van der Waals surface area (Å²) in [6.07, 6.45) is 4.60. The molecule has 0 saturated carbocycles. The lowest BCUT2D eigenvalue weighted by molar-refractivity contribution is -0.107. The van der Waals surface area contributed by atoms with Crippen LogP contribution in [0.25, 0.3) is 17.0 Å². The van der Waals surface area contributed by atoms with Gasteiger partial charge in [0.05, 0.1) is 29.2 Å². The van der Waals surface area contributed by atoms with Gasteiger partial charge in [0.2, 0.25) is 12.3 Å². The number of carbonyl (C=O) groups is 1. The Bertz CT molecular complexity index is 1240. The van der Waals surface area contributed by atoms with E-state index in [0.29, 0.717) is 46.7 Å². The topological polar surface area (TPSA) is 87.4 Å². The number of hydrogen-bond acceptors (Lipinski definition) is 7. The Morgan fingerprint density at radius 1 is 1.21 bits per heavy atom. The van der Waals surface area contributed by atoms with Gasteiger partial charge in [-0.05, 0) is 18.2 Å². The molecule has 0 atom stereocenters. The van der Waals surface area contributed by atoms with Crippen LogP contribution in [0, 0.1) is 5.82 Å². The minimum absolute atomic E-state index is 0.0552. The van der Waals surface area contributed by atoms with Crippen molar-refractivity contribution in [3.63, 3.8) is 0 Å². The quantitative estimate of drug-likeness (QED) is 0.499. The van der Waals surface area contributed by atoms with E-state index >= 15 is 4.39 Å². The number of alkyl halides is 2. The second-order valence-electron chi connectivity index (χ2n) is 7.64. The summed E-state index contributed by atoms with van der Waals surface area (Å²) in [4.78, 5) is 19.4. The molecule has 8 nitrogen and oxygen atoms in total. The number of hydrogen-bond donors (Lipinski definition) is 1. The van der Waals surface area contributed by atoms with Crippen molar-refractivity contribution in [3.05, 3.63) is 71.8 Å². The first-order valence-corrected chi connectivity index (χ1v) is 10.3. The summed E-state index contributed by atoms with van der Waals surface area (Å²) in [7, 11) is 3.61. The van der Waals surface area contributed by atoms with Gasteiger partial charge in [-0.1, -0.05) is 12.2 Å². The van der Waals surface area contributed by atoms with Crippen LogP contribution in [0.3, 0.4) is 0 Å². The van der Waals surface area contributed by atoms with Gasteiger partial charge in [-0.3, -0.25) is 9.78 Å². The molecule has 1 amide bonds. The molecule has 4 rings (SSSR count). The molecule has 176 valence electrons. The lowest BCUT2D eigenvalue weighted by Gasteiger charge is -2.26. The highest BCUT2D eigenvalue weighted by Gasteiger charge is 2.20. The number of rotatable bonds is 8. The van der Waals surface area contributed by atoms with Gasteiger partial charge in [0, 0.05) is 50.2 Å². The second-order valence-corrected chi connectivity index (χ2v) is 7.64. The van der Waals surface area contributed by atoms with Crippen LogP contribution in [-0.2, 0) is 11.3 Å². The van der Waals surface area contributed by atoms with Crippen LogP contribution in [-0.4, -0.2) is 42.2 Å². The van der Waals surface area contributed by atoms with E-state index in [4.69, 9.17) is 4.42 Å². The zero-order valence-electron chi connectivity index (χ0n) is 18.4. The minimum atomic E-state index is -2.87. The van der Waals surface area contributed by atoms with Crippen LogP contribution in [0.4, 0.5) is 24.5 Å². The van der Waals surface area contributed by atoms with Gasteiger partial charge in [0.25, 0.3) is 5.89 Å². The van der Waals surface area contributed by atoms with Gasteiger partial charge >= 0.3 is 6.43 Å². The van der Waals surface area contributed by atoms with Gasteiger partial charge in [-0.2, -0.15) is 8.78 Å². The fourth-order valence-electron chi connectivity index (χ4n) is 3.44. The number of aromatic nitrogens is 3. The Morgan fingerprint density at radius 2 is 2.03 bits per heavy atom. The summed E-state index contributed by atoms with van der Waals surface area (Å²) in [5.41, 5.74) is 2.97. The molecule has 0 aliphatic carbocycles. The van der Waals surface area contributed by atoms with Crippen molar-refractivity contribution in [1.29, 1.82) is 0 Å². The maximum absolute atomic E-state index is 15.1. The predicted molar refractivity (Wildman–Crippen MR) is 121 cm³/mol. The lowest BCUT2D eigenvalue weighted by Crippen LogP contribution is -2.24. The largest absolute Gasteiger partial charge is 0.415 e. The van der Waals surface area contributed by atoms with E-state index in [2.05, 4.69) is 20.5 Å². The first-order valence-electron chi connectivity index (χ1n) is 10.3. The fourth-order valence-corrected chi connectivity index (χ4v) is 3.44. The zero-order valence-corrected chi connectivity index (χ0v) is 18.4. The third-order valence-electron chi connectivity index (χ3n) is 5.12. The molecule has 11 heteroatoms. The summed E-state index contributed by atoms with van der Waals surface area (Å²) in [5, 5.41) is 9.93. The van der Waals surface area contributed by atoms with E-state index in [1.807, 2.05) is 12.2 Å².